The Bertz CT molecular complexity index is 302. The molecule has 0 spiro atoms. The quantitative estimate of drug-likeness (QED) is 0.717. The van der Waals surface area contributed by atoms with Crippen molar-refractivity contribution in [2.24, 2.45) is 5.92 Å². The maximum atomic E-state index is 11.9. The summed E-state index contributed by atoms with van der Waals surface area (Å²) in [4.78, 5) is 14.0. The normalized spacial score (nSPS) is 22.2. The Morgan fingerprint density at radius 2 is 2.25 bits per heavy atom. The molecule has 1 heterocycles. The SMILES string of the molecule is CC(C)CCC(C)(O)CNC(=O)CN(C)C1CCSC1. The highest BCUT2D eigenvalue weighted by molar-refractivity contribution is 7.99. The maximum Gasteiger partial charge on any atom is 0.234 e. The molecule has 1 rings (SSSR count). The average Bonchev–Trinajstić information content (AvgIpc) is 2.88. The van der Waals surface area contributed by atoms with Crippen LogP contribution in [-0.2, 0) is 4.79 Å². The fourth-order valence-corrected chi connectivity index (χ4v) is 3.56. The van der Waals surface area contributed by atoms with Gasteiger partial charge in [0.15, 0.2) is 0 Å². The van der Waals surface area contributed by atoms with Crippen LogP contribution in [0.1, 0.15) is 40.0 Å². The zero-order valence-electron chi connectivity index (χ0n) is 13.3. The molecule has 0 aromatic heterocycles. The molecule has 1 saturated heterocycles. The Labute approximate surface area is 127 Å². The van der Waals surface area contributed by atoms with Crippen molar-refractivity contribution in [3.05, 3.63) is 0 Å². The van der Waals surface area contributed by atoms with Crippen LogP contribution in [0.5, 0.6) is 0 Å². The molecule has 4 nitrogen and oxygen atoms in total. The minimum absolute atomic E-state index is 0.00854. The summed E-state index contributed by atoms with van der Waals surface area (Å²) in [6.07, 6.45) is 2.86. The standard InChI is InChI=1S/C15H30N2O2S/c1-12(2)5-7-15(3,19)11-16-14(18)9-17(4)13-6-8-20-10-13/h12-13,19H,5-11H2,1-4H3,(H,16,18). The van der Waals surface area contributed by atoms with E-state index in [4.69, 9.17) is 0 Å². The van der Waals surface area contributed by atoms with Crippen molar-refractivity contribution in [3.8, 4) is 0 Å². The van der Waals surface area contributed by atoms with Gasteiger partial charge in [0, 0.05) is 18.3 Å². The number of hydrogen-bond acceptors (Lipinski definition) is 4. The van der Waals surface area contributed by atoms with Crippen LogP contribution in [0.15, 0.2) is 0 Å². The minimum atomic E-state index is -0.804. The van der Waals surface area contributed by atoms with E-state index >= 15 is 0 Å². The topological polar surface area (TPSA) is 52.6 Å². The van der Waals surface area contributed by atoms with Crippen LogP contribution in [0.25, 0.3) is 0 Å². The molecular formula is C15H30N2O2S. The summed E-state index contributed by atoms with van der Waals surface area (Å²) in [6.45, 7) is 6.84. The van der Waals surface area contributed by atoms with E-state index in [2.05, 4.69) is 24.1 Å². The zero-order valence-corrected chi connectivity index (χ0v) is 14.1. The van der Waals surface area contributed by atoms with Gasteiger partial charge in [0.05, 0.1) is 12.1 Å². The molecule has 0 radical (unpaired) electrons. The second-order valence-corrected chi connectivity index (χ2v) is 7.79. The number of nitrogens with one attached hydrogen (secondary N) is 1. The fraction of sp³-hybridized carbons (Fsp3) is 0.933. The van der Waals surface area contributed by atoms with Gasteiger partial charge in [-0.15, -0.1) is 0 Å². The van der Waals surface area contributed by atoms with E-state index in [-0.39, 0.29) is 5.91 Å². The predicted octanol–water partition coefficient (Wildman–Crippen LogP) is 1.73. The third-order valence-corrected chi connectivity index (χ3v) is 4.99. The molecule has 1 amide bonds. The van der Waals surface area contributed by atoms with E-state index in [1.807, 2.05) is 18.8 Å². The van der Waals surface area contributed by atoms with E-state index in [9.17, 15) is 9.90 Å². The summed E-state index contributed by atoms with van der Waals surface area (Å²) >= 11 is 1.95. The number of amides is 1. The molecule has 0 aliphatic carbocycles. The molecule has 5 heteroatoms. The van der Waals surface area contributed by atoms with E-state index in [0.29, 0.717) is 25.0 Å². The van der Waals surface area contributed by atoms with Crippen molar-refractivity contribution in [2.45, 2.75) is 51.7 Å². The number of carbonyl (C=O) groups is 1. The second-order valence-electron chi connectivity index (χ2n) is 6.64. The number of aliphatic hydroxyl groups is 1. The first-order chi connectivity index (χ1) is 9.30. The summed E-state index contributed by atoms with van der Waals surface area (Å²) in [6, 6.07) is 0.521. The monoisotopic (exact) mass is 302 g/mol. The highest BCUT2D eigenvalue weighted by Crippen LogP contribution is 2.21. The molecule has 0 bridgehead atoms. The molecular weight excluding hydrogens is 272 g/mol. The molecule has 2 N–H and O–H groups in total. The average molecular weight is 302 g/mol. The number of nitrogens with zero attached hydrogens (tertiary/aromatic N) is 1. The van der Waals surface area contributed by atoms with E-state index < -0.39 is 5.60 Å². The summed E-state index contributed by atoms with van der Waals surface area (Å²) in [7, 11) is 2.01. The van der Waals surface area contributed by atoms with Gasteiger partial charge in [0.1, 0.15) is 0 Å². The first-order valence-corrected chi connectivity index (χ1v) is 8.73. The van der Waals surface area contributed by atoms with E-state index in [0.717, 1.165) is 18.6 Å². The Balaban J connectivity index is 2.24. The second kappa shape index (κ2) is 8.25. The first-order valence-electron chi connectivity index (χ1n) is 7.57. The van der Waals surface area contributed by atoms with Crippen LogP contribution >= 0.6 is 11.8 Å². The lowest BCUT2D eigenvalue weighted by atomic mass is 9.95. The Morgan fingerprint density at radius 1 is 1.55 bits per heavy atom. The Hall–Kier alpha value is -0.260. The summed E-state index contributed by atoms with van der Waals surface area (Å²) in [5.74, 6) is 2.90. The summed E-state index contributed by atoms with van der Waals surface area (Å²) < 4.78 is 0. The van der Waals surface area contributed by atoms with Gasteiger partial charge in [-0.25, -0.2) is 0 Å². The number of hydrogen-bond donors (Lipinski definition) is 2. The van der Waals surface area contributed by atoms with Gasteiger partial charge in [0.2, 0.25) is 5.91 Å². The van der Waals surface area contributed by atoms with Crippen LogP contribution in [0.4, 0.5) is 0 Å². The van der Waals surface area contributed by atoms with Gasteiger partial charge in [-0.3, -0.25) is 9.69 Å². The van der Waals surface area contributed by atoms with Crippen LogP contribution < -0.4 is 5.32 Å². The highest BCUT2D eigenvalue weighted by atomic mass is 32.2. The van der Waals surface area contributed by atoms with Crippen molar-refractivity contribution >= 4 is 17.7 Å². The largest absolute Gasteiger partial charge is 0.388 e. The highest BCUT2D eigenvalue weighted by Gasteiger charge is 2.24. The lowest BCUT2D eigenvalue weighted by Crippen LogP contribution is -2.46. The van der Waals surface area contributed by atoms with Crippen molar-refractivity contribution in [1.29, 1.82) is 0 Å². The van der Waals surface area contributed by atoms with E-state index in [1.165, 1.54) is 12.2 Å². The number of thioether (sulfide) groups is 1. The summed E-state index contributed by atoms with van der Waals surface area (Å²) in [5.41, 5.74) is -0.804. The number of carbonyl (C=O) groups excluding carboxylic acids is 1. The molecule has 118 valence electrons. The van der Waals surface area contributed by atoms with Gasteiger partial charge in [0.25, 0.3) is 0 Å². The van der Waals surface area contributed by atoms with Crippen molar-refractivity contribution in [3.63, 3.8) is 0 Å². The van der Waals surface area contributed by atoms with Gasteiger partial charge in [-0.1, -0.05) is 13.8 Å². The lowest BCUT2D eigenvalue weighted by molar-refractivity contribution is -0.123. The third-order valence-electron chi connectivity index (χ3n) is 3.85. The van der Waals surface area contributed by atoms with Gasteiger partial charge in [-0.2, -0.15) is 11.8 Å². The molecule has 0 aromatic rings. The van der Waals surface area contributed by atoms with Crippen LogP contribution in [-0.4, -0.2) is 59.2 Å². The Kier molecular flexibility index (Phi) is 7.34. The van der Waals surface area contributed by atoms with Gasteiger partial charge >= 0.3 is 0 Å². The van der Waals surface area contributed by atoms with Crippen LogP contribution in [0.3, 0.4) is 0 Å². The molecule has 1 aliphatic rings. The first kappa shape index (κ1) is 17.8. The van der Waals surface area contributed by atoms with Gasteiger partial charge in [-0.05, 0) is 44.9 Å². The third kappa shape index (κ3) is 6.95. The van der Waals surface area contributed by atoms with Crippen molar-refractivity contribution in [2.75, 3.05) is 31.6 Å². The van der Waals surface area contributed by atoms with Crippen LogP contribution in [0, 0.1) is 5.92 Å². The minimum Gasteiger partial charge on any atom is -0.388 e. The lowest BCUT2D eigenvalue weighted by Gasteiger charge is -2.26. The molecule has 1 fully saturated rings. The zero-order chi connectivity index (χ0) is 15.2. The fourth-order valence-electron chi connectivity index (χ4n) is 2.26. The van der Waals surface area contributed by atoms with Crippen molar-refractivity contribution in [1.82, 2.24) is 10.2 Å². The maximum absolute atomic E-state index is 11.9. The smallest absolute Gasteiger partial charge is 0.234 e. The molecule has 1 aliphatic heterocycles. The Morgan fingerprint density at radius 3 is 2.80 bits per heavy atom. The molecule has 2 atom stereocenters. The number of likely N-dealkylation sites (N-methyl/N-ethyl adjacent to an activating group) is 1. The number of rotatable bonds is 8. The van der Waals surface area contributed by atoms with E-state index in [1.54, 1.807) is 6.92 Å². The molecule has 0 saturated carbocycles. The molecule has 2 unspecified atom stereocenters. The summed E-state index contributed by atoms with van der Waals surface area (Å²) in [5, 5.41) is 13.1. The predicted molar refractivity (Wildman–Crippen MR) is 86.1 cm³/mol. The van der Waals surface area contributed by atoms with Crippen molar-refractivity contribution < 1.29 is 9.90 Å². The van der Waals surface area contributed by atoms with Crippen LogP contribution in [0.2, 0.25) is 0 Å². The van der Waals surface area contributed by atoms with Gasteiger partial charge < -0.3 is 10.4 Å². The molecule has 0 aromatic carbocycles. The molecule has 20 heavy (non-hydrogen) atoms.